The Bertz CT molecular complexity index is 637. The SMILES string of the molecule is CS(=O)(=O)CCNC(=O)c1ccc(N2CCCC2=O)cc1. The molecule has 0 atom stereocenters. The number of hydrogen-bond donors (Lipinski definition) is 1. The number of carbonyl (C=O) groups is 2. The van der Waals surface area contributed by atoms with Crippen molar-refractivity contribution in [3.05, 3.63) is 29.8 Å². The molecular formula is C14H18N2O4S. The molecule has 114 valence electrons. The largest absolute Gasteiger partial charge is 0.351 e. The highest BCUT2D eigenvalue weighted by atomic mass is 32.2. The predicted molar refractivity (Wildman–Crippen MR) is 80.1 cm³/mol. The van der Waals surface area contributed by atoms with Gasteiger partial charge in [0.1, 0.15) is 9.84 Å². The lowest BCUT2D eigenvalue weighted by Crippen LogP contribution is -2.29. The van der Waals surface area contributed by atoms with Crippen LogP contribution in [0.1, 0.15) is 23.2 Å². The van der Waals surface area contributed by atoms with Gasteiger partial charge in [0.2, 0.25) is 5.91 Å². The van der Waals surface area contributed by atoms with Gasteiger partial charge in [0.25, 0.3) is 5.91 Å². The molecule has 0 aromatic heterocycles. The van der Waals surface area contributed by atoms with E-state index >= 15 is 0 Å². The number of anilines is 1. The molecule has 1 aromatic rings. The molecule has 7 heteroatoms. The van der Waals surface area contributed by atoms with Crippen LogP contribution in [0.4, 0.5) is 5.69 Å². The van der Waals surface area contributed by atoms with Crippen LogP contribution in [0.15, 0.2) is 24.3 Å². The first kappa shape index (κ1) is 15.5. The van der Waals surface area contributed by atoms with Gasteiger partial charge in [-0.05, 0) is 30.7 Å². The summed E-state index contributed by atoms with van der Waals surface area (Å²) in [5, 5.41) is 2.55. The normalized spacial score (nSPS) is 15.3. The Labute approximate surface area is 124 Å². The van der Waals surface area contributed by atoms with Gasteiger partial charge >= 0.3 is 0 Å². The standard InChI is InChI=1S/C14H18N2O4S/c1-21(19,20)10-8-15-14(18)11-4-6-12(7-5-11)16-9-2-3-13(16)17/h4-7H,2-3,8-10H2,1H3,(H,15,18). The third-order valence-corrected chi connectivity index (χ3v) is 4.22. The van der Waals surface area contributed by atoms with Crippen LogP contribution in [-0.2, 0) is 14.6 Å². The first-order valence-corrected chi connectivity index (χ1v) is 8.79. The predicted octanol–water partition coefficient (Wildman–Crippen LogP) is 0.588. The number of amides is 2. The summed E-state index contributed by atoms with van der Waals surface area (Å²) in [6, 6.07) is 6.73. The molecule has 2 amide bonds. The van der Waals surface area contributed by atoms with Crippen LogP contribution in [-0.4, -0.2) is 45.3 Å². The highest BCUT2D eigenvalue weighted by Gasteiger charge is 2.21. The summed E-state index contributed by atoms with van der Waals surface area (Å²) in [6.45, 7) is 0.794. The van der Waals surface area contributed by atoms with Crippen LogP contribution >= 0.6 is 0 Å². The first-order valence-electron chi connectivity index (χ1n) is 6.73. The van der Waals surface area contributed by atoms with E-state index in [0.29, 0.717) is 18.5 Å². The summed E-state index contributed by atoms with van der Waals surface area (Å²) in [7, 11) is -3.08. The number of nitrogens with one attached hydrogen (secondary N) is 1. The number of carbonyl (C=O) groups excluding carboxylic acids is 2. The zero-order valence-corrected chi connectivity index (χ0v) is 12.6. The van der Waals surface area contributed by atoms with Crippen LogP contribution in [0, 0.1) is 0 Å². The van der Waals surface area contributed by atoms with Crippen molar-refractivity contribution in [1.29, 1.82) is 0 Å². The number of rotatable bonds is 5. The zero-order valence-electron chi connectivity index (χ0n) is 11.8. The van der Waals surface area contributed by atoms with Crippen LogP contribution in [0.2, 0.25) is 0 Å². The second-order valence-electron chi connectivity index (χ2n) is 5.08. The van der Waals surface area contributed by atoms with E-state index in [1.807, 2.05) is 0 Å². The van der Waals surface area contributed by atoms with Gasteiger partial charge in [-0.1, -0.05) is 0 Å². The molecule has 1 heterocycles. The molecule has 0 spiro atoms. The van der Waals surface area contributed by atoms with E-state index in [0.717, 1.165) is 18.4 Å². The van der Waals surface area contributed by atoms with Crippen molar-refractivity contribution < 1.29 is 18.0 Å². The molecule has 1 saturated heterocycles. The molecular weight excluding hydrogens is 292 g/mol. The Hall–Kier alpha value is -1.89. The smallest absolute Gasteiger partial charge is 0.251 e. The van der Waals surface area contributed by atoms with Crippen molar-refractivity contribution in [2.24, 2.45) is 0 Å². The summed E-state index contributed by atoms with van der Waals surface area (Å²) in [5.74, 6) is -0.308. The Balaban J connectivity index is 1.95. The Morgan fingerprint density at radius 1 is 1.29 bits per heavy atom. The number of sulfone groups is 1. The van der Waals surface area contributed by atoms with Gasteiger partial charge in [0, 0.05) is 37.0 Å². The van der Waals surface area contributed by atoms with Gasteiger partial charge in [-0.25, -0.2) is 8.42 Å². The fraction of sp³-hybridized carbons (Fsp3) is 0.429. The van der Waals surface area contributed by atoms with E-state index < -0.39 is 9.84 Å². The van der Waals surface area contributed by atoms with E-state index in [2.05, 4.69) is 5.32 Å². The summed E-state index contributed by atoms with van der Waals surface area (Å²) >= 11 is 0. The quantitative estimate of drug-likeness (QED) is 0.862. The minimum Gasteiger partial charge on any atom is -0.351 e. The van der Waals surface area contributed by atoms with Gasteiger partial charge in [-0.2, -0.15) is 0 Å². The maximum Gasteiger partial charge on any atom is 0.251 e. The van der Waals surface area contributed by atoms with Crippen molar-refractivity contribution in [2.45, 2.75) is 12.8 Å². The van der Waals surface area contributed by atoms with E-state index in [-0.39, 0.29) is 24.1 Å². The van der Waals surface area contributed by atoms with Crippen molar-refractivity contribution in [3.8, 4) is 0 Å². The van der Waals surface area contributed by atoms with Crippen LogP contribution in [0.25, 0.3) is 0 Å². The molecule has 1 aromatic carbocycles. The van der Waals surface area contributed by atoms with Gasteiger partial charge in [0.05, 0.1) is 5.75 Å². The lowest BCUT2D eigenvalue weighted by Gasteiger charge is -2.15. The van der Waals surface area contributed by atoms with Gasteiger partial charge in [0.15, 0.2) is 0 Å². The van der Waals surface area contributed by atoms with Crippen LogP contribution < -0.4 is 10.2 Å². The molecule has 0 aliphatic carbocycles. The molecule has 6 nitrogen and oxygen atoms in total. The number of benzene rings is 1. The van der Waals surface area contributed by atoms with E-state index in [9.17, 15) is 18.0 Å². The molecule has 0 unspecified atom stereocenters. The van der Waals surface area contributed by atoms with Crippen molar-refractivity contribution in [3.63, 3.8) is 0 Å². The lowest BCUT2D eigenvalue weighted by atomic mass is 10.2. The molecule has 2 rings (SSSR count). The second-order valence-corrected chi connectivity index (χ2v) is 7.34. The molecule has 0 bridgehead atoms. The summed E-state index contributed by atoms with van der Waals surface area (Å²) < 4.78 is 22.0. The molecule has 0 radical (unpaired) electrons. The third-order valence-electron chi connectivity index (χ3n) is 3.27. The van der Waals surface area contributed by atoms with Crippen LogP contribution in [0.5, 0.6) is 0 Å². The fourth-order valence-electron chi connectivity index (χ4n) is 2.17. The Morgan fingerprint density at radius 3 is 2.48 bits per heavy atom. The molecule has 1 N–H and O–H groups in total. The monoisotopic (exact) mass is 310 g/mol. The summed E-state index contributed by atoms with van der Waals surface area (Å²) in [5.41, 5.74) is 1.23. The molecule has 0 saturated carbocycles. The average Bonchev–Trinajstić information content (AvgIpc) is 2.83. The first-order chi connectivity index (χ1) is 9.87. The molecule has 1 aliphatic heterocycles. The summed E-state index contributed by atoms with van der Waals surface area (Å²) in [4.78, 5) is 25.2. The highest BCUT2D eigenvalue weighted by Crippen LogP contribution is 2.21. The van der Waals surface area contributed by atoms with Crippen molar-refractivity contribution in [1.82, 2.24) is 5.32 Å². The second kappa shape index (κ2) is 6.26. The summed E-state index contributed by atoms with van der Waals surface area (Å²) in [6.07, 6.45) is 2.54. The van der Waals surface area contributed by atoms with E-state index in [1.165, 1.54) is 0 Å². The fourth-order valence-corrected chi connectivity index (χ4v) is 2.64. The van der Waals surface area contributed by atoms with Crippen LogP contribution in [0.3, 0.4) is 0 Å². The molecule has 1 fully saturated rings. The third kappa shape index (κ3) is 4.29. The van der Waals surface area contributed by atoms with E-state index in [4.69, 9.17) is 0 Å². The van der Waals surface area contributed by atoms with E-state index in [1.54, 1.807) is 29.2 Å². The highest BCUT2D eigenvalue weighted by molar-refractivity contribution is 7.90. The molecule has 21 heavy (non-hydrogen) atoms. The van der Waals surface area contributed by atoms with Crippen molar-refractivity contribution >= 4 is 27.3 Å². The average molecular weight is 310 g/mol. The lowest BCUT2D eigenvalue weighted by molar-refractivity contribution is -0.117. The molecule has 1 aliphatic rings. The Kier molecular flexibility index (Phi) is 4.62. The maximum atomic E-state index is 11.8. The topological polar surface area (TPSA) is 83.6 Å². The van der Waals surface area contributed by atoms with Gasteiger partial charge in [-0.3, -0.25) is 9.59 Å². The zero-order chi connectivity index (χ0) is 15.5. The Morgan fingerprint density at radius 2 is 1.95 bits per heavy atom. The maximum absolute atomic E-state index is 11.8. The van der Waals surface area contributed by atoms with Gasteiger partial charge in [-0.15, -0.1) is 0 Å². The van der Waals surface area contributed by atoms with Gasteiger partial charge < -0.3 is 10.2 Å². The van der Waals surface area contributed by atoms with Crippen molar-refractivity contribution in [2.75, 3.05) is 30.0 Å². The minimum absolute atomic E-state index is 0.0842. The minimum atomic E-state index is -3.08. The number of hydrogen-bond acceptors (Lipinski definition) is 4. The number of nitrogens with zero attached hydrogens (tertiary/aromatic N) is 1.